The number of piperidine rings is 1. The third-order valence-corrected chi connectivity index (χ3v) is 6.83. The van der Waals surface area contributed by atoms with Crippen molar-refractivity contribution in [1.29, 1.82) is 0 Å². The molecule has 1 heterocycles. The average Bonchev–Trinajstić information content (AvgIpc) is 2.75. The van der Waals surface area contributed by atoms with Crippen LogP contribution < -0.4 is 10.2 Å². The second-order valence-electron chi connectivity index (χ2n) is 9.03. The number of rotatable bonds is 8. The van der Waals surface area contributed by atoms with Crippen LogP contribution >= 0.6 is 0 Å². The first kappa shape index (κ1) is 22.8. The molecule has 1 fully saturated rings. The lowest BCUT2D eigenvalue weighted by Crippen LogP contribution is -3.15. The van der Waals surface area contributed by atoms with E-state index in [0.717, 1.165) is 30.6 Å². The number of aliphatic carboxylic acids is 1. The molecule has 2 aromatic carbocycles. The third kappa shape index (κ3) is 5.85. The van der Waals surface area contributed by atoms with Crippen LogP contribution in [-0.2, 0) is 21.4 Å². The van der Waals surface area contributed by atoms with E-state index >= 15 is 0 Å². The van der Waals surface area contributed by atoms with Gasteiger partial charge in [0.05, 0.1) is 25.6 Å². The molecule has 166 valence electrons. The lowest BCUT2D eigenvalue weighted by atomic mass is 9.68. The number of phenols is 1. The highest BCUT2D eigenvalue weighted by molar-refractivity contribution is 5.83. The zero-order valence-electron chi connectivity index (χ0n) is 18.3. The molecule has 31 heavy (non-hydrogen) atoms. The summed E-state index contributed by atoms with van der Waals surface area (Å²) in [5, 5.41) is 21.4. The van der Waals surface area contributed by atoms with Gasteiger partial charge < -0.3 is 20.4 Å². The summed E-state index contributed by atoms with van der Waals surface area (Å²) >= 11 is 0. The molecule has 0 aliphatic carbocycles. The van der Waals surface area contributed by atoms with Gasteiger partial charge in [-0.15, -0.1) is 0 Å². The third-order valence-electron chi connectivity index (χ3n) is 6.83. The van der Waals surface area contributed by atoms with Gasteiger partial charge >= 0.3 is 5.97 Å². The molecule has 1 amide bonds. The van der Waals surface area contributed by atoms with Crippen LogP contribution in [0.5, 0.6) is 5.75 Å². The predicted octanol–water partition coefficient (Wildman–Crippen LogP) is 1.63. The molecule has 2 aromatic rings. The summed E-state index contributed by atoms with van der Waals surface area (Å²) in [5.41, 5.74) is 2.20. The summed E-state index contributed by atoms with van der Waals surface area (Å²) in [5.74, 6) is -0.856. The molecule has 4 N–H and O–H groups in total. The minimum Gasteiger partial charge on any atom is -0.508 e. The van der Waals surface area contributed by atoms with E-state index in [2.05, 4.69) is 25.2 Å². The minimum atomic E-state index is -1.03. The van der Waals surface area contributed by atoms with Gasteiger partial charge in [-0.1, -0.05) is 56.3 Å². The fourth-order valence-corrected chi connectivity index (χ4v) is 4.73. The normalized spacial score (nSPS) is 24.3. The van der Waals surface area contributed by atoms with Crippen LogP contribution in [0.2, 0.25) is 0 Å². The number of carboxylic acids is 1. The first-order chi connectivity index (χ1) is 14.8. The van der Waals surface area contributed by atoms with E-state index < -0.39 is 5.97 Å². The predicted molar refractivity (Wildman–Crippen MR) is 119 cm³/mol. The number of aromatic hydroxyl groups is 1. The van der Waals surface area contributed by atoms with E-state index in [0.29, 0.717) is 24.6 Å². The van der Waals surface area contributed by atoms with E-state index in [1.807, 2.05) is 42.5 Å². The smallest absolute Gasteiger partial charge is 0.322 e. The molecule has 0 radical (unpaired) electrons. The lowest BCUT2D eigenvalue weighted by Gasteiger charge is -2.43. The van der Waals surface area contributed by atoms with Crippen molar-refractivity contribution >= 4 is 11.9 Å². The van der Waals surface area contributed by atoms with Crippen molar-refractivity contribution < 1.29 is 24.7 Å². The molecule has 6 heteroatoms. The van der Waals surface area contributed by atoms with Crippen LogP contribution in [0, 0.1) is 11.8 Å². The van der Waals surface area contributed by atoms with Crippen LogP contribution in [-0.4, -0.2) is 48.3 Å². The maximum absolute atomic E-state index is 12.8. The molecule has 1 aliphatic rings. The Labute approximate surface area is 183 Å². The Balaban J connectivity index is 1.69. The van der Waals surface area contributed by atoms with Gasteiger partial charge in [0.15, 0.2) is 0 Å². The average molecular weight is 426 g/mol. The van der Waals surface area contributed by atoms with Crippen molar-refractivity contribution in [2.45, 2.75) is 32.1 Å². The number of carbonyl (C=O) groups is 2. The molecule has 1 aliphatic heterocycles. The molecule has 0 aromatic heterocycles. The van der Waals surface area contributed by atoms with Crippen molar-refractivity contribution in [1.82, 2.24) is 5.32 Å². The van der Waals surface area contributed by atoms with Gasteiger partial charge in [-0.25, -0.2) is 0 Å². The van der Waals surface area contributed by atoms with Gasteiger partial charge in [0.25, 0.3) is 0 Å². The number of benzene rings is 2. The van der Waals surface area contributed by atoms with Crippen molar-refractivity contribution in [3.05, 3.63) is 65.7 Å². The number of carboxylic acid groups (broad SMARTS) is 1. The van der Waals surface area contributed by atoms with Gasteiger partial charge in [-0.3, -0.25) is 9.59 Å². The molecule has 1 saturated heterocycles. The van der Waals surface area contributed by atoms with E-state index in [1.54, 1.807) is 6.07 Å². The second kappa shape index (κ2) is 9.96. The van der Waals surface area contributed by atoms with Crippen molar-refractivity contribution in [3.63, 3.8) is 0 Å². The quantitative estimate of drug-likeness (QED) is 0.518. The fourth-order valence-electron chi connectivity index (χ4n) is 4.73. The van der Waals surface area contributed by atoms with Crippen LogP contribution in [0.15, 0.2) is 54.6 Å². The Hall–Kier alpha value is -2.86. The zero-order valence-corrected chi connectivity index (χ0v) is 18.3. The number of amides is 1. The molecule has 4 atom stereocenters. The highest BCUT2D eigenvalue weighted by Gasteiger charge is 2.41. The summed E-state index contributed by atoms with van der Waals surface area (Å²) in [6.07, 6.45) is 1.55. The number of carbonyl (C=O) groups excluding carboxylic acids is 1. The molecule has 0 bridgehead atoms. The first-order valence-electron chi connectivity index (χ1n) is 10.9. The Morgan fingerprint density at radius 1 is 1.19 bits per heavy atom. The SMILES string of the molecule is C[C@H]1C[NH+](C[C@H](Cc2ccccc2)C(=O)NCC(=O)O)CC[C@@]1(C)c1cccc(O)c1. The molecule has 1 unspecified atom stereocenters. The summed E-state index contributed by atoms with van der Waals surface area (Å²) < 4.78 is 0. The Morgan fingerprint density at radius 3 is 2.58 bits per heavy atom. The molecule has 0 saturated carbocycles. The molecule has 6 nitrogen and oxygen atoms in total. The monoisotopic (exact) mass is 425 g/mol. The zero-order chi connectivity index (χ0) is 22.4. The van der Waals surface area contributed by atoms with Crippen LogP contribution in [0.3, 0.4) is 0 Å². The van der Waals surface area contributed by atoms with Crippen molar-refractivity contribution in [2.75, 3.05) is 26.2 Å². The van der Waals surface area contributed by atoms with Gasteiger partial charge in [0, 0.05) is 17.8 Å². The summed E-state index contributed by atoms with van der Waals surface area (Å²) in [6.45, 7) is 6.65. The number of phenolic OH excluding ortho intramolecular Hbond substituents is 1. The largest absolute Gasteiger partial charge is 0.508 e. The number of hydrogen-bond donors (Lipinski definition) is 4. The molecular formula is C25H33N2O4+. The van der Waals surface area contributed by atoms with Gasteiger partial charge in [-0.05, 0) is 29.7 Å². The number of nitrogens with one attached hydrogen (secondary N) is 2. The maximum Gasteiger partial charge on any atom is 0.322 e. The van der Waals surface area contributed by atoms with E-state index in [9.17, 15) is 14.7 Å². The highest BCUT2D eigenvalue weighted by atomic mass is 16.4. The second-order valence-corrected chi connectivity index (χ2v) is 9.03. The number of quaternary nitrogens is 1. The Kier molecular flexibility index (Phi) is 7.33. The van der Waals surface area contributed by atoms with Crippen LogP contribution in [0.1, 0.15) is 31.4 Å². The standard InChI is InChI=1S/C25H32N2O4/c1-18-16-27(12-11-25(18,2)21-9-6-10-22(28)14-21)17-20(24(31)26-15-23(29)30)13-19-7-4-3-5-8-19/h3-10,14,18,20,28H,11-13,15-17H2,1-2H3,(H,26,31)(H,29,30)/p+1/t18-,20-,25+/m0/s1. The van der Waals surface area contributed by atoms with Crippen molar-refractivity contribution in [2.24, 2.45) is 11.8 Å². The van der Waals surface area contributed by atoms with E-state index in [-0.39, 0.29) is 23.8 Å². The summed E-state index contributed by atoms with van der Waals surface area (Å²) in [6, 6.07) is 17.4. The molecular weight excluding hydrogens is 392 g/mol. The fraction of sp³-hybridized carbons (Fsp3) is 0.440. The number of likely N-dealkylation sites (tertiary alicyclic amines) is 1. The van der Waals surface area contributed by atoms with Gasteiger partial charge in [-0.2, -0.15) is 0 Å². The van der Waals surface area contributed by atoms with Crippen molar-refractivity contribution in [3.8, 4) is 5.75 Å². The van der Waals surface area contributed by atoms with Gasteiger partial charge in [0.1, 0.15) is 12.3 Å². The maximum atomic E-state index is 12.8. The lowest BCUT2D eigenvalue weighted by molar-refractivity contribution is -0.912. The van der Waals surface area contributed by atoms with Crippen LogP contribution in [0.4, 0.5) is 0 Å². The van der Waals surface area contributed by atoms with E-state index in [4.69, 9.17) is 5.11 Å². The number of hydrogen-bond acceptors (Lipinski definition) is 3. The topological polar surface area (TPSA) is 91.1 Å². The Bertz CT molecular complexity index is 901. The summed E-state index contributed by atoms with van der Waals surface area (Å²) in [7, 11) is 0. The highest BCUT2D eigenvalue weighted by Crippen LogP contribution is 2.37. The summed E-state index contributed by atoms with van der Waals surface area (Å²) in [4.78, 5) is 25.0. The Morgan fingerprint density at radius 2 is 1.94 bits per heavy atom. The molecule has 3 rings (SSSR count). The van der Waals surface area contributed by atoms with Gasteiger partial charge in [0.2, 0.25) is 5.91 Å². The van der Waals surface area contributed by atoms with Crippen LogP contribution in [0.25, 0.3) is 0 Å². The first-order valence-corrected chi connectivity index (χ1v) is 10.9. The molecule has 0 spiro atoms. The minimum absolute atomic E-state index is 0.0251. The van der Waals surface area contributed by atoms with E-state index in [1.165, 1.54) is 4.90 Å².